The Hall–Kier alpha value is -1.72. The smallest absolute Gasteiger partial charge is 0.179 e. The highest BCUT2D eigenvalue weighted by Gasteiger charge is 2.09. The van der Waals surface area contributed by atoms with Gasteiger partial charge in [0, 0.05) is 4.47 Å². The van der Waals surface area contributed by atoms with Crippen LogP contribution in [0.3, 0.4) is 0 Å². The maximum absolute atomic E-state index is 6.13. The molecule has 0 heterocycles. The average molecular weight is 370 g/mol. The van der Waals surface area contributed by atoms with E-state index in [4.69, 9.17) is 21.1 Å². The number of anilines is 1. The average Bonchev–Trinajstić information content (AvgIpc) is 2.48. The second kappa shape index (κ2) is 7.33. The third-order valence-corrected chi connectivity index (χ3v) is 3.52. The highest BCUT2D eigenvalue weighted by atomic mass is 79.9. The second-order valence-corrected chi connectivity index (χ2v) is 5.44. The summed E-state index contributed by atoms with van der Waals surface area (Å²) in [5, 5.41) is 4.64. The van der Waals surface area contributed by atoms with E-state index in [1.54, 1.807) is 32.6 Å². The van der Waals surface area contributed by atoms with Crippen LogP contribution < -0.4 is 14.9 Å². The Kier molecular flexibility index (Phi) is 5.47. The van der Waals surface area contributed by atoms with E-state index >= 15 is 0 Å². The predicted molar refractivity (Wildman–Crippen MR) is 89.9 cm³/mol. The normalized spacial score (nSPS) is 10.7. The number of hydrogen-bond donors (Lipinski definition) is 1. The van der Waals surface area contributed by atoms with Gasteiger partial charge in [0.1, 0.15) is 0 Å². The molecule has 0 aliphatic rings. The SMILES string of the molecule is COc1cc(/C=N\Nc2ccc(Br)cc2)cc(Cl)c1OC. The minimum atomic E-state index is 0.474. The van der Waals surface area contributed by atoms with Crippen molar-refractivity contribution >= 4 is 39.4 Å². The molecule has 0 fully saturated rings. The van der Waals surface area contributed by atoms with E-state index in [1.165, 1.54) is 0 Å². The van der Waals surface area contributed by atoms with E-state index in [-0.39, 0.29) is 0 Å². The molecule has 0 spiro atoms. The van der Waals surface area contributed by atoms with Gasteiger partial charge in [-0.15, -0.1) is 0 Å². The molecule has 0 saturated heterocycles. The highest BCUT2D eigenvalue weighted by molar-refractivity contribution is 9.10. The summed E-state index contributed by atoms with van der Waals surface area (Å²) in [6.45, 7) is 0. The Morgan fingerprint density at radius 3 is 2.48 bits per heavy atom. The van der Waals surface area contributed by atoms with E-state index in [2.05, 4.69) is 26.5 Å². The number of benzene rings is 2. The highest BCUT2D eigenvalue weighted by Crippen LogP contribution is 2.35. The maximum atomic E-state index is 6.13. The molecule has 4 nitrogen and oxygen atoms in total. The number of hydrazone groups is 1. The van der Waals surface area contributed by atoms with Crippen LogP contribution in [0.4, 0.5) is 5.69 Å². The largest absolute Gasteiger partial charge is 0.493 e. The van der Waals surface area contributed by atoms with Gasteiger partial charge in [-0.3, -0.25) is 5.43 Å². The Morgan fingerprint density at radius 2 is 1.86 bits per heavy atom. The molecular weight excluding hydrogens is 356 g/mol. The van der Waals surface area contributed by atoms with E-state index < -0.39 is 0 Å². The van der Waals surface area contributed by atoms with Crippen molar-refractivity contribution in [2.24, 2.45) is 5.10 Å². The molecule has 0 atom stereocenters. The number of methoxy groups -OCH3 is 2. The second-order valence-electron chi connectivity index (χ2n) is 4.12. The van der Waals surface area contributed by atoms with Crippen molar-refractivity contribution in [1.82, 2.24) is 0 Å². The molecule has 0 unspecified atom stereocenters. The Labute approximate surface area is 136 Å². The third-order valence-electron chi connectivity index (χ3n) is 2.71. The van der Waals surface area contributed by atoms with Crippen molar-refractivity contribution in [2.45, 2.75) is 0 Å². The van der Waals surface area contributed by atoms with Gasteiger partial charge in [-0.1, -0.05) is 27.5 Å². The number of hydrogen-bond acceptors (Lipinski definition) is 4. The summed E-state index contributed by atoms with van der Waals surface area (Å²) in [6.07, 6.45) is 1.66. The molecule has 0 radical (unpaired) electrons. The summed E-state index contributed by atoms with van der Waals surface area (Å²) in [4.78, 5) is 0. The number of nitrogens with one attached hydrogen (secondary N) is 1. The van der Waals surface area contributed by atoms with Crippen LogP contribution in [0, 0.1) is 0 Å². The molecule has 110 valence electrons. The van der Waals surface area contributed by atoms with Gasteiger partial charge < -0.3 is 9.47 Å². The Bertz CT molecular complexity index is 645. The summed E-state index contributed by atoms with van der Waals surface area (Å²) in [6, 6.07) is 11.3. The van der Waals surface area contributed by atoms with E-state index in [1.807, 2.05) is 24.3 Å². The molecule has 0 saturated carbocycles. The van der Waals surface area contributed by atoms with Gasteiger partial charge in [-0.25, -0.2) is 0 Å². The quantitative estimate of drug-likeness (QED) is 0.620. The summed E-state index contributed by atoms with van der Waals surface area (Å²) in [7, 11) is 3.11. The lowest BCUT2D eigenvalue weighted by Gasteiger charge is -2.10. The zero-order chi connectivity index (χ0) is 15.2. The van der Waals surface area contributed by atoms with Crippen LogP contribution in [0.5, 0.6) is 11.5 Å². The first kappa shape index (κ1) is 15.7. The number of nitrogens with zero attached hydrogens (tertiary/aromatic N) is 1. The van der Waals surface area contributed by atoms with Crippen LogP contribution in [0.15, 0.2) is 46.0 Å². The van der Waals surface area contributed by atoms with Crippen LogP contribution >= 0.6 is 27.5 Å². The summed E-state index contributed by atoms with van der Waals surface area (Å²) < 4.78 is 11.4. The van der Waals surface area contributed by atoms with Gasteiger partial charge >= 0.3 is 0 Å². The minimum Gasteiger partial charge on any atom is -0.493 e. The zero-order valence-electron chi connectivity index (χ0n) is 11.6. The first-order valence-electron chi connectivity index (χ1n) is 6.10. The molecular formula is C15H14BrClN2O2. The van der Waals surface area contributed by atoms with Crippen LogP contribution in [-0.2, 0) is 0 Å². The van der Waals surface area contributed by atoms with Crippen molar-refractivity contribution in [3.8, 4) is 11.5 Å². The first-order valence-corrected chi connectivity index (χ1v) is 7.27. The molecule has 0 bridgehead atoms. The monoisotopic (exact) mass is 368 g/mol. The van der Waals surface area contributed by atoms with Crippen LogP contribution in [0.2, 0.25) is 5.02 Å². The lowest BCUT2D eigenvalue weighted by Crippen LogP contribution is -1.95. The molecule has 6 heteroatoms. The van der Waals surface area contributed by atoms with Gasteiger partial charge in [0.25, 0.3) is 0 Å². The van der Waals surface area contributed by atoms with Crippen molar-refractivity contribution in [2.75, 3.05) is 19.6 Å². The van der Waals surface area contributed by atoms with Crippen molar-refractivity contribution in [3.05, 3.63) is 51.5 Å². The molecule has 21 heavy (non-hydrogen) atoms. The molecule has 0 aliphatic carbocycles. The maximum Gasteiger partial charge on any atom is 0.179 e. The number of halogens is 2. The van der Waals surface area contributed by atoms with Gasteiger partial charge in [0.15, 0.2) is 11.5 Å². The Morgan fingerprint density at radius 1 is 1.14 bits per heavy atom. The minimum absolute atomic E-state index is 0.474. The fourth-order valence-electron chi connectivity index (χ4n) is 1.72. The number of ether oxygens (including phenoxy) is 2. The fraction of sp³-hybridized carbons (Fsp3) is 0.133. The van der Waals surface area contributed by atoms with Gasteiger partial charge in [0.05, 0.1) is 31.1 Å². The molecule has 2 aromatic rings. The molecule has 2 rings (SSSR count). The zero-order valence-corrected chi connectivity index (χ0v) is 13.9. The van der Waals surface area contributed by atoms with E-state index in [0.29, 0.717) is 16.5 Å². The van der Waals surface area contributed by atoms with Gasteiger partial charge in [0.2, 0.25) is 0 Å². The number of rotatable bonds is 5. The van der Waals surface area contributed by atoms with E-state index in [9.17, 15) is 0 Å². The van der Waals surface area contributed by atoms with Crippen LogP contribution in [0.1, 0.15) is 5.56 Å². The molecule has 1 N–H and O–H groups in total. The third kappa shape index (κ3) is 4.12. The Balaban J connectivity index is 2.13. The standard InChI is InChI=1S/C15H14BrClN2O2/c1-20-14-8-10(7-13(17)15(14)21-2)9-18-19-12-5-3-11(16)4-6-12/h3-9,19H,1-2H3/b18-9-. The first-order chi connectivity index (χ1) is 10.1. The fourth-order valence-corrected chi connectivity index (χ4v) is 2.28. The molecule has 0 aromatic heterocycles. The van der Waals surface area contributed by atoms with Gasteiger partial charge in [-0.2, -0.15) is 5.10 Å². The summed E-state index contributed by atoms with van der Waals surface area (Å²) >= 11 is 9.52. The lowest BCUT2D eigenvalue weighted by molar-refractivity contribution is 0.355. The summed E-state index contributed by atoms with van der Waals surface area (Å²) in [5.41, 5.74) is 4.64. The topological polar surface area (TPSA) is 42.8 Å². The van der Waals surface area contributed by atoms with Crippen molar-refractivity contribution < 1.29 is 9.47 Å². The summed E-state index contributed by atoms with van der Waals surface area (Å²) in [5.74, 6) is 1.08. The molecule has 0 amide bonds. The van der Waals surface area contributed by atoms with Crippen LogP contribution in [0.25, 0.3) is 0 Å². The van der Waals surface area contributed by atoms with Crippen molar-refractivity contribution in [1.29, 1.82) is 0 Å². The predicted octanol–water partition coefficient (Wildman–Crippen LogP) is 4.57. The van der Waals surface area contributed by atoms with E-state index in [0.717, 1.165) is 15.7 Å². The van der Waals surface area contributed by atoms with Crippen LogP contribution in [-0.4, -0.2) is 20.4 Å². The van der Waals surface area contributed by atoms with Gasteiger partial charge in [-0.05, 0) is 42.0 Å². The molecule has 0 aliphatic heterocycles. The lowest BCUT2D eigenvalue weighted by atomic mass is 10.2. The van der Waals surface area contributed by atoms with Crippen molar-refractivity contribution in [3.63, 3.8) is 0 Å². The molecule has 2 aromatic carbocycles.